The van der Waals surface area contributed by atoms with E-state index in [0.717, 1.165) is 39.2 Å². The highest BCUT2D eigenvalue weighted by atomic mass is 16.7. The summed E-state index contributed by atoms with van der Waals surface area (Å²) in [6.07, 6.45) is 0.0669. The molecule has 162 valence electrons. The Morgan fingerprint density at radius 2 is 1.62 bits per heavy atom. The van der Waals surface area contributed by atoms with Crippen molar-refractivity contribution >= 4 is 16.7 Å². The third-order valence-electron chi connectivity index (χ3n) is 5.07. The van der Waals surface area contributed by atoms with Gasteiger partial charge in [-0.15, -0.1) is 0 Å². The zero-order valence-corrected chi connectivity index (χ0v) is 18.1. The van der Waals surface area contributed by atoms with Gasteiger partial charge in [0.25, 0.3) is 0 Å². The third kappa shape index (κ3) is 3.99. The van der Waals surface area contributed by atoms with Crippen molar-refractivity contribution in [3.63, 3.8) is 0 Å². The van der Waals surface area contributed by atoms with Crippen LogP contribution in [0.1, 0.15) is 13.8 Å². The molecule has 6 heteroatoms. The van der Waals surface area contributed by atoms with Gasteiger partial charge in [0.05, 0.1) is 24.3 Å². The predicted octanol–water partition coefficient (Wildman–Crippen LogP) is 5.86. The van der Waals surface area contributed by atoms with Crippen LogP contribution in [0, 0.1) is 0 Å². The van der Waals surface area contributed by atoms with Crippen molar-refractivity contribution < 1.29 is 23.4 Å². The van der Waals surface area contributed by atoms with E-state index in [2.05, 4.69) is 0 Å². The van der Waals surface area contributed by atoms with E-state index in [9.17, 15) is 0 Å². The molecule has 0 atom stereocenters. The summed E-state index contributed by atoms with van der Waals surface area (Å²) in [4.78, 5) is 4.91. The number of nitrogens with zero attached hydrogens (tertiary/aromatic N) is 1. The first-order valence-corrected chi connectivity index (χ1v) is 10.4. The maximum atomic E-state index is 6.23. The highest BCUT2D eigenvalue weighted by Crippen LogP contribution is 2.35. The van der Waals surface area contributed by atoms with Gasteiger partial charge in [-0.2, -0.15) is 0 Å². The van der Waals surface area contributed by atoms with Crippen LogP contribution in [0.3, 0.4) is 0 Å². The average Bonchev–Trinajstić information content (AvgIpc) is 3.27. The Bertz CT molecular complexity index is 1340. The maximum Gasteiger partial charge on any atom is 0.231 e. The molecule has 0 unspecified atom stereocenters. The highest BCUT2D eigenvalue weighted by molar-refractivity contribution is 5.80. The van der Waals surface area contributed by atoms with Crippen molar-refractivity contribution in [1.29, 1.82) is 0 Å². The molecule has 1 aliphatic heterocycles. The Balaban J connectivity index is 1.69. The van der Waals surface area contributed by atoms with Crippen LogP contribution in [0.25, 0.3) is 22.3 Å². The van der Waals surface area contributed by atoms with Crippen LogP contribution in [0.4, 0.5) is 5.69 Å². The van der Waals surface area contributed by atoms with Gasteiger partial charge in [0.2, 0.25) is 6.79 Å². The second kappa shape index (κ2) is 8.30. The zero-order valence-electron chi connectivity index (χ0n) is 18.1. The average molecular weight is 429 g/mol. The smallest absolute Gasteiger partial charge is 0.231 e. The van der Waals surface area contributed by atoms with E-state index in [1.807, 2.05) is 80.6 Å². The van der Waals surface area contributed by atoms with Crippen LogP contribution < -0.4 is 24.3 Å². The second-order valence-electron chi connectivity index (χ2n) is 7.70. The summed E-state index contributed by atoms with van der Waals surface area (Å²) in [5.74, 6) is 3.67. The van der Waals surface area contributed by atoms with Gasteiger partial charge in [0.15, 0.2) is 11.5 Å². The fourth-order valence-electron chi connectivity index (χ4n) is 3.58. The SMILES string of the molecule is COc1ccc(-c2cc(=Nc3ccc4c(c3)OCO4)c3cc(OC(C)C)ccc3o2)cc1. The van der Waals surface area contributed by atoms with Gasteiger partial charge in [0, 0.05) is 23.1 Å². The van der Waals surface area contributed by atoms with Gasteiger partial charge in [-0.1, -0.05) is 0 Å². The minimum atomic E-state index is 0.0669. The first-order valence-electron chi connectivity index (χ1n) is 10.4. The van der Waals surface area contributed by atoms with E-state index >= 15 is 0 Å². The van der Waals surface area contributed by atoms with Gasteiger partial charge in [-0.3, -0.25) is 0 Å². The molecule has 0 spiro atoms. The van der Waals surface area contributed by atoms with Crippen LogP contribution in [0.2, 0.25) is 0 Å². The Hall–Kier alpha value is -3.93. The standard InChI is InChI=1S/C26H23NO5/c1-16(2)31-20-9-11-23-21(13-20)22(27-18-6-10-24-26(12-18)30-15-29-24)14-25(32-23)17-4-7-19(28-3)8-5-17/h4-14,16H,15H2,1-3H3. The molecule has 6 nitrogen and oxygen atoms in total. The Morgan fingerprint density at radius 3 is 2.41 bits per heavy atom. The van der Waals surface area contributed by atoms with Gasteiger partial charge >= 0.3 is 0 Å². The number of benzene rings is 3. The summed E-state index contributed by atoms with van der Waals surface area (Å²) in [6, 6.07) is 21.1. The monoisotopic (exact) mass is 429 g/mol. The largest absolute Gasteiger partial charge is 0.497 e. The van der Waals surface area contributed by atoms with Gasteiger partial charge in [0.1, 0.15) is 22.8 Å². The molecule has 0 aliphatic carbocycles. The van der Waals surface area contributed by atoms with Crippen LogP contribution in [0.5, 0.6) is 23.0 Å². The highest BCUT2D eigenvalue weighted by Gasteiger charge is 2.14. The number of hydrogen-bond donors (Lipinski definition) is 0. The predicted molar refractivity (Wildman–Crippen MR) is 122 cm³/mol. The first-order chi connectivity index (χ1) is 15.6. The number of ether oxygens (including phenoxy) is 4. The number of rotatable bonds is 5. The van der Waals surface area contributed by atoms with Crippen molar-refractivity contribution in [3.8, 4) is 34.3 Å². The number of hydrogen-bond acceptors (Lipinski definition) is 6. The topological polar surface area (TPSA) is 62.4 Å². The summed E-state index contributed by atoms with van der Waals surface area (Å²) in [5, 5.41) is 1.63. The minimum Gasteiger partial charge on any atom is -0.497 e. The lowest BCUT2D eigenvalue weighted by molar-refractivity contribution is 0.174. The Labute approximate surface area is 185 Å². The van der Waals surface area contributed by atoms with Gasteiger partial charge in [-0.25, -0.2) is 4.99 Å². The van der Waals surface area contributed by atoms with E-state index in [1.165, 1.54) is 0 Å². The molecule has 0 amide bonds. The van der Waals surface area contributed by atoms with Crippen molar-refractivity contribution in [2.45, 2.75) is 20.0 Å². The van der Waals surface area contributed by atoms with Crippen LogP contribution in [-0.2, 0) is 0 Å². The molecule has 0 saturated heterocycles. The van der Waals surface area contributed by atoms with E-state index in [4.69, 9.17) is 28.4 Å². The normalized spacial score (nSPS) is 13.1. The van der Waals surface area contributed by atoms with Crippen LogP contribution in [0.15, 0.2) is 76.1 Å². The summed E-state index contributed by atoms with van der Waals surface area (Å²) in [7, 11) is 1.65. The molecule has 1 aliphatic rings. The fraction of sp³-hybridized carbons (Fsp3) is 0.192. The van der Waals surface area contributed by atoms with Crippen molar-refractivity contribution in [3.05, 3.63) is 72.1 Å². The van der Waals surface area contributed by atoms with Crippen LogP contribution in [-0.4, -0.2) is 20.0 Å². The van der Waals surface area contributed by atoms with Crippen LogP contribution >= 0.6 is 0 Å². The molecule has 32 heavy (non-hydrogen) atoms. The Morgan fingerprint density at radius 1 is 0.844 bits per heavy atom. The van der Waals surface area contributed by atoms with E-state index in [1.54, 1.807) is 7.11 Å². The van der Waals surface area contributed by atoms with Crippen molar-refractivity contribution in [2.75, 3.05) is 13.9 Å². The van der Waals surface area contributed by atoms with Gasteiger partial charge in [-0.05, 0) is 68.4 Å². The summed E-state index contributed by atoms with van der Waals surface area (Å²) in [6.45, 7) is 4.22. The number of fused-ring (bicyclic) bond motifs is 2. The third-order valence-corrected chi connectivity index (χ3v) is 5.07. The van der Waals surface area contributed by atoms with Crippen molar-refractivity contribution in [1.82, 2.24) is 0 Å². The fourth-order valence-corrected chi connectivity index (χ4v) is 3.58. The lowest BCUT2D eigenvalue weighted by Crippen LogP contribution is -2.07. The molecule has 1 aromatic heterocycles. The second-order valence-corrected chi connectivity index (χ2v) is 7.70. The van der Waals surface area contributed by atoms with Gasteiger partial charge < -0.3 is 23.4 Å². The lowest BCUT2D eigenvalue weighted by Gasteiger charge is -2.11. The van der Waals surface area contributed by atoms with E-state index < -0.39 is 0 Å². The summed E-state index contributed by atoms with van der Waals surface area (Å²) >= 11 is 0. The first kappa shape index (κ1) is 20.0. The minimum absolute atomic E-state index is 0.0669. The molecule has 5 rings (SSSR count). The molecule has 0 N–H and O–H groups in total. The molecule has 3 aromatic carbocycles. The lowest BCUT2D eigenvalue weighted by atomic mass is 10.1. The zero-order chi connectivity index (χ0) is 22.1. The van der Waals surface area contributed by atoms with E-state index in [-0.39, 0.29) is 12.9 Å². The Kier molecular flexibility index (Phi) is 5.19. The number of methoxy groups -OCH3 is 1. The molecule has 4 aromatic rings. The van der Waals surface area contributed by atoms with E-state index in [0.29, 0.717) is 17.1 Å². The molecule has 0 bridgehead atoms. The quantitative estimate of drug-likeness (QED) is 0.398. The molecular weight excluding hydrogens is 406 g/mol. The molecule has 0 saturated carbocycles. The summed E-state index contributed by atoms with van der Waals surface area (Å²) < 4.78 is 28.3. The summed E-state index contributed by atoms with van der Waals surface area (Å²) in [5.41, 5.74) is 2.41. The molecule has 0 radical (unpaired) electrons. The molecule has 0 fully saturated rings. The van der Waals surface area contributed by atoms with Crippen molar-refractivity contribution in [2.24, 2.45) is 4.99 Å². The maximum absolute atomic E-state index is 6.23. The molecule has 2 heterocycles. The molecular formula is C26H23NO5.